The maximum atomic E-state index is 5.72. The first kappa shape index (κ1) is 15.5. The van der Waals surface area contributed by atoms with Crippen LogP contribution in [0.3, 0.4) is 0 Å². The molecule has 0 radical (unpaired) electrons. The maximum absolute atomic E-state index is 5.72. The van der Waals surface area contributed by atoms with Crippen molar-refractivity contribution in [3.63, 3.8) is 0 Å². The molecule has 1 aromatic carbocycles. The summed E-state index contributed by atoms with van der Waals surface area (Å²) < 4.78 is 0. The first-order valence-electron chi connectivity index (χ1n) is 8.59. The van der Waals surface area contributed by atoms with Gasteiger partial charge in [-0.15, -0.1) is 11.3 Å². The van der Waals surface area contributed by atoms with Gasteiger partial charge in [0, 0.05) is 24.0 Å². The van der Waals surface area contributed by atoms with Crippen LogP contribution in [0.25, 0.3) is 21.3 Å². The predicted octanol–water partition coefficient (Wildman–Crippen LogP) is 3.92. The summed E-state index contributed by atoms with van der Waals surface area (Å²) in [5.74, 6) is 1.85. The summed E-state index contributed by atoms with van der Waals surface area (Å²) in [7, 11) is 0. The molecule has 0 aliphatic carbocycles. The molecule has 124 valence electrons. The third-order valence-electron chi connectivity index (χ3n) is 4.92. The average molecular weight is 338 g/mol. The highest BCUT2D eigenvalue weighted by atomic mass is 32.1. The fourth-order valence-corrected chi connectivity index (χ4v) is 4.51. The van der Waals surface area contributed by atoms with Gasteiger partial charge in [-0.3, -0.25) is 0 Å². The molecule has 1 aliphatic rings. The quantitative estimate of drug-likeness (QED) is 0.783. The normalized spacial score (nSPS) is 16.0. The number of benzene rings is 1. The molecule has 0 bridgehead atoms. The number of thiophene rings is 1. The van der Waals surface area contributed by atoms with Crippen LogP contribution < -0.4 is 10.6 Å². The van der Waals surface area contributed by atoms with Crippen molar-refractivity contribution >= 4 is 27.4 Å². The van der Waals surface area contributed by atoms with E-state index in [1.54, 1.807) is 17.7 Å². The molecule has 1 fully saturated rings. The summed E-state index contributed by atoms with van der Waals surface area (Å²) in [6.45, 7) is 2.91. The third kappa shape index (κ3) is 2.89. The molecular formula is C19H22N4S. The van der Waals surface area contributed by atoms with Crippen molar-refractivity contribution in [2.45, 2.75) is 19.3 Å². The number of nitrogens with zero attached hydrogens (tertiary/aromatic N) is 3. The highest BCUT2D eigenvalue weighted by molar-refractivity contribution is 7.17. The summed E-state index contributed by atoms with van der Waals surface area (Å²) >= 11 is 1.70. The highest BCUT2D eigenvalue weighted by Crippen LogP contribution is 2.38. The standard InChI is InChI=1S/C19H22N4S/c20-9-6-14-7-10-23(11-8-14)18-17-16(15-4-2-1-3-5-15)12-24-19(17)22-13-21-18/h1-5,12-14H,6-11,20H2. The van der Waals surface area contributed by atoms with E-state index in [1.807, 2.05) is 0 Å². The number of hydrogen-bond donors (Lipinski definition) is 1. The van der Waals surface area contributed by atoms with Gasteiger partial charge in [0.2, 0.25) is 0 Å². The SMILES string of the molecule is NCCC1CCN(c2ncnc3scc(-c4ccccc4)c23)CC1. The van der Waals surface area contributed by atoms with Crippen LogP contribution in [-0.2, 0) is 0 Å². The topological polar surface area (TPSA) is 55.0 Å². The predicted molar refractivity (Wildman–Crippen MR) is 101 cm³/mol. The lowest BCUT2D eigenvalue weighted by Gasteiger charge is -2.33. The number of aromatic nitrogens is 2. The average Bonchev–Trinajstić information content (AvgIpc) is 3.08. The zero-order valence-corrected chi connectivity index (χ0v) is 14.5. The lowest BCUT2D eigenvalue weighted by Crippen LogP contribution is -2.35. The van der Waals surface area contributed by atoms with Gasteiger partial charge < -0.3 is 10.6 Å². The minimum absolute atomic E-state index is 0.764. The van der Waals surface area contributed by atoms with Crippen molar-refractivity contribution in [3.05, 3.63) is 42.0 Å². The molecule has 1 saturated heterocycles. The summed E-state index contributed by atoms with van der Waals surface area (Å²) in [6, 6.07) is 10.5. The number of hydrogen-bond acceptors (Lipinski definition) is 5. The molecule has 0 unspecified atom stereocenters. The minimum atomic E-state index is 0.764. The Labute approximate surface area is 146 Å². The van der Waals surface area contributed by atoms with E-state index in [-0.39, 0.29) is 0 Å². The molecule has 5 heteroatoms. The number of rotatable bonds is 4. The van der Waals surface area contributed by atoms with Crippen LogP contribution in [0.2, 0.25) is 0 Å². The molecule has 3 aromatic rings. The van der Waals surface area contributed by atoms with Crippen LogP contribution in [0.15, 0.2) is 42.0 Å². The van der Waals surface area contributed by atoms with Gasteiger partial charge in [-0.1, -0.05) is 30.3 Å². The fraction of sp³-hybridized carbons (Fsp3) is 0.368. The molecule has 0 saturated carbocycles. The molecule has 4 rings (SSSR count). The van der Waals surface area contributed by atoms with Gasteiger partial charge in [0.05, 0.1) is 5.39 Å². The third-order valence-corrected chi connectivity index (χ3v) is 5.81. The van der Waals surface area contributed by atoms with Crippen molar-refractivity contribution < 1.29 is 0 Å². The zero-order chi connectivity index (χ0) is 16.4. The van der Waals surface area contributed by atoms with Crippen molar-refractivity contribution in [2.75, 3.05) is 24.5 Å². The summed E-state index contributed by atoms with van der Waals surface area (Å²) in [5.41, 5.74) is 8.20. The Morgan fingerprint density at radius 2 is 1.92 bits per heavy atom. The molecule has 0 atom stereocenters. The fourth-order valence-electron chi connectivity index (χ4n) is 3.60. The van der Waals surface area contributed by atoms with Crippen molar-refractivity contribution in [2.24, 2.45) is 11.7 Å². The van der Waals surface area contributed by atoms with E-state index < -0.39 is 0 Å². The van der Waals surface area contributed by atoms with Crippen LogP contribution in [0.1, 0.15) is 19.3 Å². The van der Waals surface area contributed by atoms with Gasteiger partial charge >= 0.3 is 0 Å². The highest BCUT2D eigenvalue weighted by Gasteiger charge is 2.23. The van der Waals surface area contributed by atoms with Gasteiger partial charge in [-0.05, 0) is 37.3 Å². The van der Waals surface area contributed by atoms with Crippen molar-refractivity contribution in [1.29, 1.82) is 0 Å². The van der Waals surface area contributed by atoms with E-state index in [2.05, 4.69) is 50.6 Å². The van der Waals surface area contributed by atoms with Crippen LogP contribution in [0.5, 0.6) is 0 Å². The molecule has 2 N–H and O–H groups in total. The van der Waals surface area contributed by atoms with E-state index in [9.17, 15) is 0 Å². The molecule has 0 amide bonds. The summed E-state index contributed by atoms with van der Waals surface area (Å²) in [5, 5.41) is 3.41. The van der Waals surface area contributed by atoms with E-state index in [1.165, 1.54) is 29.4 Å². The van der Waals surface area contributed by atoms with Crippen LogP contribution >= 0.6 is 11.3 Å². The van der Waals surface area contributed by atoms with Gasteiger partial charge in [-0.25, -0.2) is 9.97 Å². The molecule has 0 spiro atoms. The molecule has 4 nitrogen and oxygen atoms in total. The Morgan fingerprint density at radius 1 is 1.12 bits per heavy atom. The van der Waals surface area contributed by atoms with Gasteiger partial charge in [0.1, 0.15) is 17.0 Å². The summed E-state index contributed by atoms with van der Waals surface area (Å²) in [6.07, 6.45) is 5.25. The number of anilines is 1. The molecule has 2 aromatic heterocycles. The van der Waals surface area contributed by atoms with E-state index in [4.69, 9.17) is 5.73 Å². The summed E-state index contributed by atoms with van der Waals surface area (Å²) in [4.78, 5) is 12.6. The Bertz CT molecular complexity index is 807. The van der Waals surface area contributed by atoms with Crippen molar-refractivity contribution in [3.8, 4) is 11.1 Å². The number of piperidine rings is 1. The zero-order valence-electron chi connectivity index (χ0n) is 13.7. The second-order valence-corrected chi connectivity index (χ2v) is 7.26. The van der Waals surface area contributed by atoms with E-state index in [0.717, 1.165) is 42.6 Å². The number of nitrogens with two attached hydrogens (primary N) is 1. The Hall–Kier alpha value is -1.98. The second-order valence-electron chi connectivity index (χ2n) is 6.40. The second kappa shape index (κ2) is 6.87. The first-order valence-corrected chi connectivity index (χ1v) is 9.47. The monoisotopic (exact) mass is 338 g/mol. The van der Waals surface area contributed by atoms with Crippen LogP contribution in [0.4, 0.5) is 5.82 Å². The van der Waals surface area contributed by atoms with Crippen LogP contribution in [0, 0.1) is 5.92 Å². The number of fused-ring (bicyclic) bond motifs is 1. The Kier molecular flexibility index (Phi) is 4.45. The molecule has 24 heavy (non-hydrogen) atoms. The lowest BCUT2D eigenvalue weighted by atomic mass is 9.93. The largest absolute Gasteiger partial charge is 0.356 e. The van der Waals surface area contributed by atoms with Gasteiger partial charge in [-0.2, -0.15) is 0 Å². The first-order chi connectivity index (χ1) is 11.9. The van der Waals surface area contributed by atoms with E-state index in [0.29, 0.717) is 0 Å². The maximum Gasteiger partial charge on any atom is 0.141 e. The molecular weight excluding hydrogens is 316 g/mol. The smallest absolute Gasteiger partial charge is 0.141 e. The molecule has 3 heterocycles. The molecule has 1 aliphatic heterocycles. The van der Waals surface area contributed by atoms with Gasteiger partial charge in [0.25, 0.3) is 0 Å². The van der Waals surface area contributed by atoms with Crippen molar-refractivity contribution in [1.82, 2.24) is 9.97 Å². The Balaban J connectivity index is 1.70. The van der Waals surface area contributed by atoms with Crippen LogP contribution in [-0.4, -0.2) is 29.6 Å². The minimum Gasteiger partial charge on any atom is -0.356 e. The lowest BCUT2D eigenvalue weighted by molar-refractivity contribution is 0.385. The Morgan fingerprint density at radius 3 is 2.67 bits per heavy atom. The van der Waals surface area contributed by atoms with E-state index >= 15 is 0 Å². The van der Waals surface area contributed by atoms with Gasteiger partial charge in [0.15, 0.2) is 0 Å².